The quantitative estimate of drug-likeness (QED) is 0.773. The van der Waals surface area contributed by atoms with Crippen molar-refractivity contribution in [2.45, 2.75) is 24.3 Å². The van der Waals surface area contributed by atoms with Crippen LogP contribution in [0.1, 0.15) is 13.8 Å². The molecule has 0 fully saturated rings. The number of nitrogens with one attached hydrogen (secondary N) is 1. The summed E-state index contributed by atoms with van der Waals surface area (Å²) in [5.74, 6) is -0.181. The van der Waals surface area contributed by atoms with E-state index in [1.165, 1.54) is 4.90 Å². The predicted octanol–water partition coefficient (Wildman–Crippen LogP) is 2.08. The van der Waals surface area contributed by atoms with Gasteiger partial charge in [0.05, 0.1) is 5.54 Å². The van der Waals surface area contributed by atoms with Gasteiger partial charge in [0.25, 0.3) is 0 Å². The van der Waals surface area contributed by atoms with E-state index in [1.54, 1.807) is 25.6 Å². The molecule has 4 heteroatoms. The summed E-state index contributed by atoms with van der Waals surface area (Å²) in [5.41, 5.74) is 5.59. The number of rotatable bonds is 3. The van der Waals surface area contributed by atoms with Gasteiger partial charge in [0.15, 0.2) is 0 Å². The number of nitrogens with two attached hydrogens (primary N) is 1. The van der Waals surface area contributed by atoms with Crippen LogP contribution in [0.25, 0.3) is 0 Å². The third-order valence-corrected chi connectivity index (χ3v) is 2.68. The van der Waals surface area contributed by atoms with Gasteiger partial charge in [-0.3, -0.25) is 4.79 Å². The first-order valence-electron chi connectivity index (χ1n) is 4.68. The van der Waals surface area contributed by atoms with Gasteiger partial charge in [-0.15, -0.1) is 11.8 Å². The second-order valence-electron chi connectivity index (χ2n) is 3.90. The topological polar surface area (TPSA) is 55.1 Å². The summed E-state index contributed by atoms with van der Waals surface area (Å²) >= 11 is 1.66. The molecule has 3 nitrogen and oxygen atoms in total. The number of carbonyl (C=O) groups is 1. The van der Waals surface area contributed by atoms with E-state index >= 15 is 0 Å². The molecule has 82 valence electrons. The van der Waals surface area contributed by atoms with Crippen LogP contribution in [0, 0.1) is 0 Å². The molecule has 0 aromatic heterocycles. The Balaban J connectivity index is 2.70. The Hall–Kier alpha value is -1.00. The normalized spacial score (nSPS) is 11.2. The molecule has 0 aliphatic carbocycles. The zero-order valence-electron chi connectivity index (χ0n) is 9.20. The van der Waals surface area contributed by atoms with Crippen LogP contribution in [0.4, 0.5) is 5.69 Å². The Kier molecular flexibility index (Phi) is 3.77. The summed E-state index contributed by atoms with van der Waals surface area (Å²) in [6.07, 6.45) is 2.01. The Labute approximate surface area is 94.4 Å². The van der Waals surface area contributed by atoms with Crippen molar-refractivity contribution in [3.8, 4) is 0 Å². The first-order valence-corrected chi connectivity index (χ1v) is 5.90. The highest BCUT2D eigenvalue weighted by Gasteiger charge is 2.21. The fourth-order valence-electron chi connectivity index (χ4n) is 0.967. The van der Waals surface area contributed by atoms with Crippen LogP contribution in [-0.4, -0.2) is 17.7 Å². The van der Waals surface area contributed by atoms with E-state index in [4.69, 9.17) is 5.73 Å². The van der Waals surface area contributed by atoms with Crippen molar-refractivity contribution in [2.75, 3.05) is 11.6 Å². The van der Waals surface area contributed by atoms with Gasteiger partial charge < -0.3 is 11.1 Å². The maximum atomic E-state index is 11.5. The first-order chi connectivity index (χ1) is 6.93. The van der Waals surface area contributed by atoms with Crippen LogP contribution in [0.2, 0.25) is 0 Å². The minimum Gasteiger partial charge on any atom is -0.325 e. The average Bonchev–Trinajstić information content (AvgIpc) is 2.17. The van der Waals surface area contributed by atoms with Crippen molar-refractivity contribution in [3.05, 3.63) is 24.3 Å². The summed E-state index contributed by atoms with van der Waals surface area (Å²) in [7, 11) is 0. The zero-order chi connectivity index (χ0) is 11.5. The van der Waals surface area contributed by atoms with E-state index in [0.717, 1.165) is 5.69 Å². The smallest absolute Gasteiger partial charge is 0.243 e. The average molecular weight is 224 g/mol. The van der Waals surface area contributed by atoms with E-state index in [9.17, 15) is 4.79 Å². The molecule has 1 rings (SSSR count). The van der Waals surface area contributed by atoms with E-state index in [2.05, 4.69) is 5.32 Å². The molecule has 0 aliphatic rings. The number of thioether (sulfide) groups is 1. The fraction of sp³-hybridized carbons (Fsp3) is 0.364. The molecule has 1 aromatic rings. The van der Waals surface area contributed by atoms with Gasteiger partial charge in [-0.1, -0.05) is 0 Å². The van der Waals surface area contributed by atoms with Crippen molar-refractivity contribution < 1.29 is 4.79 Å². The minimum absolute atomic E-state index is 0.181. The van der Waals surface area contributed by atoms with Gasteiger partial charge in [-0.25, -0.2) is 0 Å². The molecular formula is C11H16N2OS. The zero-order valence-corrected chi connectivity index (χ0v) is 10.0. The highest BCUT2D eigenvalue weighted by molar-refractivity contribution is 7.98. The minimum atomic E-state index is -0.849. The molecular weight excluding hydrogens is 208 g/mol. The van der Waals surface area contributed by atoms with E-state index in [0.29, 0.717) is 0 Å². The van der Waals surface area contributed by atoms with Gasteiger partial charge >= 0.3 is 0 Å². The Morgan fingerprint density at radius 1 is 1.33 bits per heavy atom. The lowest BCUT2D eigenvalue weighted by molar-refractivity contribution is -0.120. The summed E-state index contributed by atoms with van der Waals surface area (Å²) in [4.78, 5) is 12.7. The maximum Gasteiger partial charge on any atom is 0.243 e. The molecule has 0 spiro atoms. The summed E-state index contributed by atoms with van der Waals surface area (Å²) < 4.78 is 0. The van der Waals surface area contributed by atoms with Gasteiger partial charge in [-0.2, -0.15) is 0 Å². The molecule has 0 saturated carbocycles. The molecule has 0 saturated heterocycles. The Morgan fingerprint density at radius 3 is 2.27 bits per heavy atom. The third-order valence-electron chi connectivity index (χ3n) is 1.93. The van der Waals surface area contributed by atoms with Crippen LogP contribution in [0.5, 0.6) is 0 Å². The molecule has 0 radical (unpaired) electrons. The molecule has 0 aliphatic heterocycles. The van der Waals surface area contributed by atoms with E-state index in [1.807, 2.05) is 30.5 Å². The monoisotopic (exact) mass is 224 g/mol. The Bertz CT molecular complexity index is 341. The number of carbonyl (C=O) groups excluding carboxylic acids is 1. The van der Waals surface area contributed by atoms with Crippen LogP contribution >= 0.6 is 11.8 Å². The highest BCUT2D eigenvalue weighted by atomic mass is 32.2. The van der Waals surface area contributed by atoms with Crippen molar-refractivity contribution in [3.63, 3.8) is 0 Å². The summed E-state index contributed by atoms with van der Waals surface area (Å²) in [6.45, 7) is 3.36. The van der Waals surface area contributed by atoms with Crippen molar-refractivity contribution >= 4 is 23.4 Å². The molecule has 3 N–H and O–H groups in total. The van der Waals surface area contributed by atoms with Gasteiger partial charge in [-0.05, 0) is 44.4 Å². The Morgan fingerprint density at radius 2 is 1.87 bits per heavy atom. The predicted molar refractivity (Wildman–Crippen MR) is 65.1 cm³/mol. The lowest BCUT2D eigenvalue weighted by Crippen LogP contribution is -2.45. The molecule has 0 heterocycles. The van der Waals surface area contributed by atoms with E-state index in [-0.39, 0.29) is 5.91 Å². The third kappa shape index (κ3) is 3.57. The standard InChI is InChI=1S/C11H16N2OS/c1-11(2,12)10(14)13-8-4-6-9(15-3)7-5-8/h4-7H,12H2,1-3H3,(H,13,14). The SMILES string of the molecule is CSc1ccc(NC(=O)C(C)(C)N)cc1. The second kappa shape index (κ2) is 4.68. The molecule has 1 aromatic carbocycles. The fourth-order valence-corrected chi connectivity index (χ4v) is 1.37. The molecule has 0 bridgehead atoms. The lowest BCUT2D eigenvalue weighted by Gasteiger charge is -2.17. The number of amides is 1. The van der Waals surface area contributed by atoms with E-state index < -0.39 is 5.54 Å². The number of hydrogen-bond donors (Lipinski definition) is 2. The van der Waals surface area contributed by atoms with Gasteiger partial charge in [0, 0.05) is 10.6 Å². The molecule has 0 atom stereocenters. The van der Waals surface area contributed by atoms with Crippen LogP contribution in [0.15, 0.2) is 29.2 Å². The van der Waals surface area contributed by atoms with Crippen molar-refractivity contribution in [1.82, 2.24) is 0 Å². The first kappa shape index (κ1) is 12.1. The van der Waals surface area contributed by atoms with Crippen molar-refractivity contribution in [2.24, 2.45) is 5.73 Å². The van der Waals surface area contributed by atoms with Crippen LogP contribution < -0.4 is 11.1 Å². The largest absolute Gasteiger partial charge is 0.325 e. The summed E-state index contributed by atoms with van der Waals surface area (Å²) in [5, 5.41) is 2.76. The maximum absolute atomic E-state index is 11.5. The van der Waals surface area contributed by atoms with Crippen LogP contribution in [0.3, 0.4) is 0 Å². The second-order valence-corrected chi connectivity index (χ2v) is 4.78. The number of anilines is 1. The summed E-state index contributed by atoms with van der Waals surface area (Å²) in [6, 6.07) is 7.67. The molecule has 15 heavy (non-hydrogen) atoms. The highest BCUT2D eigenvalue weighted by Crippen LogP contribution is 2.17. The van der Waals surface area contributed by atoms with Crippen LogP contribution in [-0.2, 0) is 4.79 Å². The van der Waals surface area contributed by atoms with Crippen molar-refractivity contribution in [1.29, 1.82) is 0 Å². The number of hydrogen-bond acceptors (Lipinski definition) is 3. The number of benzene rings is 1. The molecule has 1 amide bonds. The molecule has 0 unspecified atom stereocenters. The lowest BCUT2D eigenvalue weighted by atomic mass is 10.1. The van der Waals surface area contributed by atoms with Gasteiger partial charge in [0.2, 0.25) is 5.91 Å². The van der Waals surface area contributed by atoms with Gasteiger partial charge in [0.1, 0.15) is 0 Å².